The molecular weight excluding hydrogens is 255 g/mol. The summed E-state index contributed by atoms with van der Waals surface area (Å²) in [5.74, 6) is -0.141. The van der Waals surface area contributed by atoms with Gasteiger partial charge in [0.25, 0.3) is 0 Å². The van der Waals surface area contributed by atoms with Gasteiger partial charge in [-0.25, -0.2) is 9.67 Å². The van der Waals surface area contributed by atoms with Crippen LogP contribution in [0.5, 0.6) is 0 Å². The van der Waals surface area contributed by atoms with Crippen molar-refractivity contribution >= 4 is 11.6 Å². The molecule has 17 heavy (non-hydrogen) atoms. The summed E-state index contributed by atoms with van der Waals surface area (Å²) in [6, 6.07) is 4.65. The van der Waals surface area contributed by atoms with E-state index in [1.807, 2.05) is 0 Å². The Labute approximate surface area is 99.8 Å². The number of rotatable bonds is 2. The van der Waals surface area contributed by atoms with Crippen molar-refractivity contribution in [3.8, 4) is 5.82 Å². The first-order chi connectivity index (χ1) is 8.04. The number of pyridine rings is 1. The highest BCUT2D eigenvalue weighted by Crippen LogP contribution is 2.33. The first-order valence-corrected chi connectivity index (χ1v) is 5.19. The van der Waals surface area contributed by atoms with Crippen molar-refractivity contribution in [2.75, 3.05) is 0 Å². The van der Waals surface area contributed by atoms with E-state index in [4.69, 9.17) is 11.6 Å². The molecule has 0 atom stereocenters. The van der Waals surface area contributed by atoms with Crippen molar-refractivity contribution in [2.45, 2.75) is 12.1 Å². The molecule has 90 valence electrons. The predicted octanol–water partition coefficient (Wildman–Crippen LogP) is 3.02. The molecule has 2 heterocycles. The summed E-state index contributed by atoms with van der Waals surface area (Å²) < 4.78 is 39.4. The number of hydrogen-bond acceptors (Lipinski definition) is 2. The van der Waals surface area contributed by atoms with Gasteiger partial charge in [-0.2, -0.15) is 18.3 Å². The third-order valence-corrected chi connectivity index (χ3v) is 2.41. The Bertz CT molecular complexity index is 507. The van der Waals surface area contributed by atoms with E-state index in [2.05, 4.69) is 10.1 Å². The minimum atomic E-state index is -4.52. The van der Waals surface area contributed by atoms with Gasteiger partial charge in [0, 0.05) is 11.8 Å². The van der Waals surface area contributed by atoms with Gasteiger partial charge in [-0.05, 0) is 12.1 Å². The van der Waals surface area contributed by atoms with Crippen LogP contribution in [0.3, 0.4) is 0 Å². The van der Waals surface area contributed by atoms with Gasteiger partial charge in [-0.15, -0.1) is 11.6 Å². The second-order valence-electron chi connectivity index (χ2n) is 3.25. The van der Waals surface area contributed by atoms with Crippen LogP contribution in [0, 0.1) is 0 Å². The molecule has 0 spiro atoms. The monoisotopic (exact) mass is 261 g/mol. The molecule has 0 unspecified atom stereocenters. The van der Waals surface area contributed by atoms with E-state index >= 15 is 0 Å². The Balaban J connectivity index is 2.60. The summed E-state index contributed by atoms with van der Waals surface area (Å²) in [5, 5.41) is 3.67. The van der Waals surface area contributed by atoms with Gasteiger partial charge in [0.15, 0.2) is 11.5 Å². The smallest absolute Gasteiger partial charge is 0.237 e. The third kappa shape index (κ3) is 2.26. The summed E-state index contributed by atoms with van der Waals surface area (Å²) in [5.41, 5.74) is -0.948. The van der Waals surface area contributed by atoms with Gasteiger partial charge in [-0.3, -0.25) is 0 Å². The van der Waals surface area contributed by atoms with E-state index in [-0.39, 0.29) is 17.3 Å². The van der Waals surface area contributed by atoms with Crippen molar-refractivity contribution in [1.29, 1.82) is 0 Å². The quantitative estimate of drug-likeness (QED) is 0.778. The predicted molar refractivity (Wildman–Crippen MR) is 55.9 cm³/mol. The summed E-state index contributed by atoms with van der Waals surface area (Å²) in [4.78, 5) is 3.83. The molecule has 0 aromatic carbocycles. The van der Waals surface area contributed by atoms with E-state index < -0.39 is 11.9 Å². The average molecular weight is 262 g/mol. The van der Waals surface area contributed by atoms with Gasteiger partial charge in [-0.1, -0.05) is 6.07 Å². The average Bonchev–Trinajstić information content (AvgIpc) is 2.73. The first-order valence-electron chi connectivity index (χ1n) is 4.65. The molecule has 2 rings (SSSR count). The van der Waals surface area contributed by atoms with Crippen molar-refractivity contribution < 1.29 is 13.2 Å². The topological polar surface area (TPSA) is 30.7 Å². The SMILES string of the molecule is FC(F)(F)c1c(CCl)cnn1-c1ccccn1. The van der Waals surface area contributed by atoms with E-state index in [0.29, 0.717) is 0 Å². The second-order valence-corrected chi connectivity index (χ2v) is 3.52. The lowest BCUT2D eigenvalue weighted by atomic mass is 10.2. The van der Waals surface area contributed by atoms with Crippen LogP contribution in [0.2, 0.25) is 0 Å². The Hall–Kier alpha value is -1.56. The molecule has 0 saturated heterocycles. The first kappa shape index (κ1) is 11.9. The fourth-order valence-electron chi connectivity index (χ4n) is 1.43. The molecule has 0 aliphatic carbocycles. The lowest BCUT2D eigenvalue weighted by molar-refractivity contribution is -0.143. The second kappa shape index (κ2) is 4.37. The Morgan fingerprint density at radius 2 is 2.06 bits per heavy atom. The van der Waals surface area contributed by atoms with Crippen LogP contribution in [0.4, 0.5) is 13.2 Å². The standard InChI is InChI=1S/C10H7ClF3N3/c11-5-7-6-16-17(9(7)10(12,13)14)8-3-1-2-4-15-8/h1-4,6H,5H2. The maximum Gasteiger partial charge on any atom is 0.433 e. The maximum atomic E-state index is 12.9. The third-order valence-electron chi connectivity index (χ3n) is 2.12. The van der Waals surface area contributed by atoms with Crippen LogP contribution < -0.4 is 0 Å². The molecule has 0 saturated carbocycles. The molecular formula is C10H7ClF3N3. The van der Waals surface area contributed by atoms with E-state index in [1.165, 1.54) is 12.3 Å². The van der Waals surface area contributed by atoms with Crippen molar-refractivity contribution in [2.24, 2.45) is 0 Å². The zero-order chi connectivity index (χ0) is 12.5. The molecule has 0 aliphatic rings. The van der Waals surface area contributed by atoms with E-state index in [1.54, 1.807) is 12.1 Å². The summed E-state index contributed by atoms with van der Waals surface area (Å²) >= 11 is 5.47. The maximum absolute atomic E-state index is 12.9. The van der Waals surface area contributed by atoms with E-state index in [0.717, 1.165) is 10.9 Å². The molecule has 0 radical (unpaired) electrons. The number of hydrogen-bond donors (Lipinski definition) is 0. The van der Waals surface area contributed by atoms with Crippen LogP contribution in [0.1, 0.15) is 11.3 Å². The highest BCUT2D eigenvalue weighted by molar-refractivity contribution is 6.17. The summed E-state index contributed by atoms with van der Waals surface area (Å²) in [7, 11) is 0. The molecule has 2 aromatic heterocycles. The fraction of sp³-hybridized carbons (Fsp3) is 0.200. The lowest BCUT2D eigenvalue weighted by Gasteiger charge is -2.10. The van der Waals surface area contributed by atoms with Crippen LogP contribution in [-0.4, -0.2) is 14.8 Å². The minimum absolute atomic E-state index is 0.0650. The molecule has 3 nitrogen and oxygen atoms in total. The highest BCUT2D eigenvalue weighted by Gasteiger charge is 2.38. The molecule has 2 aromatic rings. The highest BCUT2D eigenvalue weighted by atomic mass is 35.5. The largest absolute Gasteiger partial charge is 0.433 e. The lowest BCUT2D eigenvalue weighted by Crippen LogP contribution is -2.15. The Kier molecular flexibility index (Phi) is 3.06. The van der Waals surface area contributed by atoms with Gasteiger partial charge in [0.05, 0.1) is 12.1 Å². The van der Waals surface area contributed by atoms with Crippen molar-refractivity contribution in [3.63, 3.8) is 0 Å². The number of nitrogens with zero attached hydrogens (tertiary/aromatic N) is 3. The van der Waals surface area contributed by atoms with E-state index in [9.17, 15) is 13.2 Å². The Morgan fingerprint density at radius 3 is 2.59 bits per heavy atom. The Morgan fingerprint density at radius 1 is 1.29 bits per heavy atom. The van der Waals surface area contributed by atoms with Gasteiger partial charge in [0.1, 0.15) is 0 Å². The summed E-state index contributed by atoms with van der Waals surface area (Å²) in [6.07, 6.45) is -2.01. The van der Waals surface area contributed by atoms with Gasteiger partial charge in [0.2, 0.25) is 0 Å². The van der Waals surface area contributed by atoms with Crippen LogP contribution in [0.15, 0.2) is 30.6 Å². The summed E-state index contributed by atoms with van der Waals surface area (Å²) in [6.45, 7) is 0. The van der Waals surface area contributed by atoms with Gasteiger partial charge < -0.3 is 0 Å². The van der Waals surface area contributed by atoms with Crippen LogP contribution in [-0.2, 0) is 12.1 Å². The van der Waals surface area contributed by atoms with Crippen LogP contribution >= 0.6 is 11.6 Å². The van der Waals surface area contributed by atoms with Crippen molar-refractivity contribution in [3.05, 3.63) is 41.9 Å². The zero-order valence-corrected chi connectivity index (χ0v) is 9.20. The van der Waals surface area contributed by atoms with Gasteiger partial charge >= 0.3 is 6.18 Å². The minimum Gasteiger partial charge on any atom is -0.237 e. The van der Waals surface area contributed by atoms with Crippen molar-refractivity contribution in [1.82, 2.24) is 14.8 Å². The fourth-order valence-corrected chi connectivity index (χ4v) is 1.63. The zero-order valence-electron chi connectivity index (χ0n) is 8.45. The molecule has 0 aliphatic heterocycles. The molecule has 0 bridgehead atoms. The number of halogens is 4. The molecule has 0 N–H and O–H groups in total. The molecule has 0 fully saturated rings. The normalized spacial score (nSPS) is 11.8. The molecule has 7 heteroatoms. The van der Waals surface area contributed by atoms with Crippen LogP contribution in [0.25, 0.3) is 5.82 Å². The number of aromatic nitrogens is 3. The molecule has 0 amide bonds. The number of alkyl halides is 4.